The topological polar surface area (TPSA) is 110 Å². The Morgan fingerprint density at radius 2 is 1.97 bits per heavy atom. The number of oxime groups is 1. The van der Waals surface area contributed by atoms with Gasteiger partial charge in [-0.1, -0.05) is 41.3 Å². The van der Waals surface area contributed by atoms with Crippen molar-refractivity contribution in [3.05, 3.63) is 64.0 Å². The van der Waals surface area contributed by atoms with E-state index in [9.17, 15) is 5.21 Å². The minimum absolute atomic E-state index is 0.0891. The standard InChI is InChI=1S/C27H34Cl2N8O/c1-2-21-17-36(27-24(29)13-19(15-33-27)26-31-7-8-32-26)11-12-37(21)22-5-9-35(10-6-22)16-18-3-4-20(28)14-23(18)25(30)34-38/h3-4,7-8,13-15,21-22,38H,2,5-6,9-12,16-17H2,1H3,(H2,30,34)(H,31,32)/t21-/m0/s1. The summed E-state index contributed by atoms with van der Waals surface area (Å²) in [5.74, 6) is 1.71. The molecule has 9 nitrogen and oxygen atoms in total. The average molecular weight is 558 g/mol. The van der Waals surface area contributed by atoms with E-state index in [4.69, 9.17) is 33.9 Å². The molecule has 5 rings (SSSR count). The first-order valence-corrected chi connectivity index (χ1v) is 13.9. The molecule has 4 N–H and O–H groups in total. The van der Waals surface area contributed by atoms with Gasteiger partial charge in [-0.15, -0.1) is 0 Å². The van der Waals surface area contributed by atoms with E-state index in [1.165, 1.54) is 0 Å². The molecule has 2 aromatic heterocycles. The maximum atomic E-state index is 9.18. The average Bonchev–Trinajstić information content (AvgIpc) is 3.49. The number of anilines is 1. The number of likely N-dealkylation sites (tertiary alicyclic amines) is 1. The molecule has 1 atom stereocenters. The van der Waals surface area contributed by atoms with Crippen molar-refractivity contribution in [3.63, 3.8) is 0 Å². The highest BCUT2D eigenvalue weighted by molar-refractivity contribution is 6.33. The molecule has 0 radical (unpaired) electrons. The van der Waals surface area contributed by atoms with Crippen molar-refractivity contribution in [1.29, 1.82) is 0 Å². The number of aromatic nitrogens is 3. The molecule has 0 amide bonds. The lowest BCUT2D eigenvalue weighted by molar-refractivity contribution is 0.0610. The molecule has 0 bridgehead atoms. The van der Waals surface area contributed by atoms with Crippen LogP contribution >= 0.6 is 23.2 Å². The highest BCUT2D eigenvalue weighted by Gasteiger charge is 2.34. The van der Waals surface area contributed by atoms with E-state index in [0.717, 1.165) is 81.3 Å². The lowest BCUT2D eigenvalue weighted by Crippen LogP contribution is -2.58. The second kappa shape index (κ2) is 11.9. The lowest BCUT2D eigenvalue weighted by Gasteiger charge is -2.47. The van der Waals surface area contributed by atoms with Crippen molar-refractivity contribution in [2.45, 2.75) is 44.8 Å². The number of hydrogen-bond donors (Lipinski definition) is 3. The summed E-state index contributed by atoms with van der Waals surface area (Å²) in [6.45, 7) is 7.82. The Bertz CT molecular complexity index is 1260. The molecule has 2 fully saturated rings. The van der Waals surface area contributed by atoms with E-state index in [-0.39, 0.29) is 5.84 Å². The predicted molar refractivity (Wildman–Crippen MR) is 152 cm³/mol. The number of nitrogens with one attached hydrogen (secondary N) is 1. The summed E-state index contributed by atoms with van der Waals surface area (Å²) in [4.78, 5) is 19.6. The number of pyridine rings is 1. The highest BCUT2D eigenvalue weighted by atomic mass is 35.5. The molecule has 3 aromatic rings. The van der Waals surface area contributed by atoms with Crippen LogP contribution in [-0.2, 0) is 6.54 Å². The molecule has 38 heavy (non-hydrogen) atoms. The maximum absolute atomic E-state index is 9.18. The predicted octanol–water partition coefficient (Wildman–Crippen LogP) is 4.44. The third-order valence-corrected chi connectivity index (χ3v) is 8.28. The normalized spacial score (nSPS) is 20.2. The molecule has 0 spiro atoms. The van der Waals surface area contributed by atoms with Gasteiger partial charge in [-0.2, -0.15) is 0 Å². The van der Waals surface area contributed by atoms with Crippen LogP contribution < -0.4 is 10.6 Å². The van der Waals surface area contributed by atoms with Crippen LogP contribution in [0, 0.1) is 0 Å². The molecule has 11 heteroatoms. The number of rotatable bonds is 7. The zero-order chi connectivity index (χ0) is 26.6. The number of nitrogens with two attached hydrogens (primary N) is 1. The number of nitrogens with zero attached hydrogens (tertiary/aromatic N) is 6. The molecule has 0 aliphatic carbocycles. The molecule has 4 heterocycles. The number of benzene rings is 1. The summed E-state index contributed by atoms with van der Waals surface area (Å²) in [5, 5.41) is 13.6. The van der Waals surface area contributed by atoms with Crippen molar-refractivity contribution in [2.24, 2.45) is 10.9 Å². The van der Waals surface area contributed by atoms with E-state index in [1.54, 1.807) is 18.5 Å². The van der Waals surface area contributed by atoms with E-state index in [2.05, 4.69) is 36.7 Å². The first-order valence-electron chi connectivity index (χ1n) is 13.1. The molecule has 2 saturated heterocycles. The van der Waals surface area contributed by atoms with Crippen LogP contribution in [0.4, 0.5) is 5.82 Å². The van der Waals surface area contributed by atoms with E-state index in [1.807, 2.05) is 24.4 Å². The fourth-order valence-corrected chi connectivity index (χ4v) is 6.21. The molecule has 0 unspecified atom stereocenters. The van der Waals surface area contributed by atoms with Crippen molar-refractivity contribution in [3.8, 4) is 11.4 Å². The van der Waals surface area contributed by atoms with Crippen molar-refractivity contribution in [1.82, 2.24) is 24.8 Å². The van der Waals surface area contributed by atoms with Gasteiger partial charge in [-0.25, -0.2) is 9.97 Å². The first-order chi connectivity index (χ1) is 18.5. The van der Waals surface area contributed by atoms with Gasteiger partial charge in [0.15, 0.2) is 5.84 Å². The third-order valence-electron chi connectivity index (χ3n) is 7.77. The first kappa shape index (κ1) is 26.7. The van der Waals surface area contributed by atoms with E-state index >= 15 is 0 Å². The number of aromatic amines is 1. The van der Waals surface area contributed by atoms with E-state index < -0.39 is 0 Å². The van der Waals surface area contributed by atoms with E-state index in [0.29, 0.717) is 27.7 Å². The molecule has 2 aliphatic heterocycles. The fourth-order valence-electron chi connectivity index (χ4n) is 5.75. The van der Waals surface area contributed by atoms with Crippen molar-refractivity contribution < 1.29 is 5.21 Å². The number of piperidine rings is 1. The maximum Gasteiger partial charge on any atom is 0.170 e. The number of amidine groups is 1. The van der Waals surface area contributed by atoms with Gasteiger partial charge in [0.2, 0.25) is 0 Å². The van der Waals surface area contributed by atoms with Gasteiger partial charge >= 0.3 is 0 Å². The second-order valence-electron chi connectivity index (χ2n) is 10.0. The van der Waals surface area contributed by atoms with Crippen LogP contribution in [0.5, 0.6) is 0 Å². The van der Waals surface area contributed by atoms with Gasteiger partial charge in [-0.3, -0.25) is 9.80 Å². The van der Waals surface area contributed by atoms with Crippen LogP contribution in [0.15, 0.2) is 48.0 Å². The number of H-pyrrole nitrogens is 1. The molecule has 2 aliphatic rings. The van der Waals surface area contributed by atoms with Gasteiger partial charge in [0.25, 0.3) is 0 Å². The Labute approximate surface area is 233 Å². The zero-order valence-corrected chi connectivity index (χ0v) is 23.0. The van der Waals surface area contributed by atoms with Crippen LogP contribution in [0.3, 0.4) is 0 Å². The Morgan fingerprint density at radius 3 is 2.66 bits per heavy atom. The Morgan fingerprint density at radius 1 is 1.16 bits per heavy atom. The summed E-state index contributed by atoms with van der Waals surface area (Å²) in [6, 6.07) is 8.53. The molecular weight excluding hydrogens is 523 g/mol. The number of imidazole rings is 1. The number of piperazine rings is 1. The molecule has 1 aromatic carbocycles. The van der Waals surface area contributed by atoms with Crippen LogP contribution in [0.1, 0.15) is 37.3 Å². The second-order valence-corrected chi connectivity index (χ2v) is 10.9. The zero-order valence-electron chi connectivity index (χ0n) is 21.5. The van der Waals surface area contributed by atoms with Gasteiger partial charge in [0.1, 0.15) is 11.6 Å². The van der Waals surface area contributed by atoms with Crippen LogP contribution in [0.2, 0.25) is 10.0 Å². The molecular formula is C27H34Cl2N8O. The van der Waals surface area contributed by atoms with Crippen molar-refractivity contribution >= 4 is 34.9 Å². The molecule has 0 saturated carbocycles. The van der Waals surface area contributed by atoms with Gasteiger partial charge in [-0.05, 0) is 56.1 Å². The lowest BCUT2D eigenvalue weighted by atomic mass is 9.97. The largest absolute Gasteiger partial charge is 0.409 e. The fraction of sp³-hybridized carbons (Fsp3) is 0.444. The van der Waals surface area contributed by atoms with Gasteiger partial charge in [0, 0.05) is 73.0 Å². The Hall–Kier alpha value is -2.85. The third kappa shape index (κ3) is 5.76. The summed E-state index contributed by atoms with van der Waals surface area (Å²) in [6.07, 6.45) is 8.66. The Kier molecular flexibility index (Phi) is 8.38. The van der Waals surface area contributed by atoms with Crippen LogP contribution in [0.25, 0.3) is 11.4 Å². The highest BCUT2D eigenvalue weighted by Crippen LogP contribution is 2.31. The monoisotopic (exact) mass is 556 g/mol. The number of halogens is 2. The quantitative estimate of drug-likeness (QED) is 0.171. The molecule has 202 valence electrons. The minimum atomic E-state index is 0.0891. The van der Waals surface area contributed by atoms with Gasteiger partial charge < -0.3 is 20.8 Å². The van der Waals surface area contributed by atoms with Crippen LogP contribution in [-0.4, -0.2) is 80.6 Å². The van der Waals surface area contributed by atoms with Gasteiger partial charge in [0.05, 0.1) is 5.02 Å². The minimum Gasteiger partial charge on any atom is -0.409 e. The SMILES string of the molecule is CC[C@H]1CN(c2ncc(-c3ncc[nH]3)cc2Cl)CCN1C1CCN(Cc2ccc(Cl)cc2C(N)=NO)CC1. The summed E-state index contributed by atoms with van der Waals surface area (Å²) in [7, 11) is 0. The summed E-state index contributed by atoms with van der Waals surface area (Å²) < 4.78 is 0. The van der Waals surface area contributed by atoms with Crippen molar-refractivity contribution in [2.75, 3.05) is 37.6 Å². The smallest absolute Gasteiger partial charge is 0.170 e. The number of hydrogen-bond acceptors (Lipinski definition) is 7. The Balaban J connectivity index is 1.19. The summed E-state index contributed by atoms with van der Waals surface area (Å²) >= 11 is 12.8. The summed E-state index contributed by atoms with van der Waals surface area (Å²) in [5.41, 5.74) is 8.50.